The molecule has 0 atom stereocenters. The number of methoxy groups -OCH3 is 1. The van der Waals surface area contributed by atoms with Gasteiger partial charge in [0.05, 0.1) is 11.6 Å². The van der Waals surface area contributed by atoms with Crippen LogP contribution in [0.4, 0.5) is 8.78 Å². The summed E-state index contributed by atoms with van der Waals surface area (Å²) < 4.78 is 37.2. The molecular weight excluding hydrogens is 322 g/mol. The first-order valence-corrected chi connectivity index (χ1v) is 6.17. The second-order valence-electron chi connectivity index (χ2n) is 3.61. The first kappa shape index (κ1) is 13.8. The van der Waals surface area contributed by atoms with E-state index in [2.05, 4.69) is 20.9 Å². The topological polar surface area (TPSA) is 36.3 Å². The minimum absolute atomic E-state index is 0.0394. The normalized spacial score (nSPS) is 10.8. The third-order valence-corrected chi connectivity index (χ3v) is 3.07. The summed E-state index contributed by atoms with van der Waals surface area (Å²) >= 11 is 3.32. The number of benzene rings is 1. The van der Waals surface area contributed by atoms with Gasteiger partial charge in [0.15, 0.2) is 5.82 Å². The summed E-state index contributed by atoms with van der Waals surface area (Å²) in [7, 11) is 1.56. The zero-order chi connectivity index (χ0) is 13.8. The van der Waals surface area contributed by atoms with Crippen LogP contribution in [0.25, 0.3) is 0 Å². The van der Waals surface area contributed by atoms with Crippen LogP contribution >= 0.6 is 15.9 Å². The average Bonchev–Trinajstić information content (AvgIpc) is 2.85. The molecule has 0 bridgehead atoms. The van der Waals surface area contributed by atoms with E-state index in [0.717, 1.165) is 4.57 Å². The fourth-order valence-electron chi connectivity index (χ4n) is 1.50. The van der Waals surface area contributed by atoms with Crippen molar-refractivity contribution in [1.29, 1.82) is 0 Å². The van der Waals surface area contributed by atoms with Gasteiger partial charge in [0.2, 0.25) is 0 Å². The van der Waals surface area contributed by atoms with Crippen molar-refractivity contribution in [2.24, 2.45) is 0 Å². The van der Waals surface area contributed by atoms with Crippen molar-refractivity contribution in [3.05, 3.63) is 40.9 Å². The van der Waals surface area contributed by atoms with Crippen LogP contribution in [0.1, 0.15) is 12.4 Å². The Morgan fingerprint density at radius 1 is 1.42 bits per heavy atom. The molecule has 0 saturated heterocycles. The number of imidazole rings is 1. The third-order valence-electron chi connectivity index (χ3n) is 2.45. The molecule has 2 aromatic rings. The highest BCUT2D eigenvalue weighted by atomic mass is 79.9. The molecule has 0 aliphatic carbocycles. The summed E-state index contributed by atoms with van der Waals surface area (Å²) in [4.78, 5) is 3.83. The molecule has 1 aromatic heterocycles. The van der Waals surface area contributed by atoms with Gasteiger partial charge in [-0.05, 0) is 34.1 Å². The Morgan fingerprint density at radius 2 is 2.21 bits per heavy atom. The van der Waals surface area contributed by atoms with Gasteiger partial charge in [-0.2, -0.15) is 8.78 Å². The maximum atomic E-state index is 12.6. The van der Waals surface area contributed by atoms with Gasteiger partial charge in [-0.15, -0.1) is 0 Å². The van der Waals surface area contributed by atoms with Gasteiger partial charge in [0, 0.05) is 12.4 Å². The van der Waals surface area contributed by atoms with E-state index in [9.17, 15) is 8.78 Å². The number of halogens is 3. The Bertz CT molecular complexity index is 560. The van der Waals surface area contributed by atoms with E-state index in [1.54, 1.807) is 25.3 Å². The number of hydrogen-bond acceptors (Lipinski definition) is 3. The lowest BCUT2D eigenvalue weighted by molar-refractivity contribution is 0.0632. The molecule has 102 valence electrons. The number of ether oxygens (including phenoxy) is 2. The van der Waals surface area contributed by atoms with Gasteiger partial charge in [-0.1, -0.05) is 0 Å². The van der Waals surface area contributed by atoms with E-state index in [-0.39, 0.29) is 12.4 Å². The van der Waals surface area contributed by atoms with Crippen LogP contribution in [-0.2, 0) is 6.61 Å². The molecule has 0 amide bonds. The summed E-state index contributed by atoms with van der Waals surface area (Å²) in [5.74, 6) is 1.37. The van der Waals surface area contributed by atoms with Crippen molar-refractivity contribution in [2.45, 2.75) is 13.2 Å². The van der Waals surface area contributed by atoms with E-state index >= 15 is 0 Å². The molecule has 4 nitrogen and oxygen atoms in total. The zero-order valence-corrected chi connectivity index (χ0v) is 11.6. The number of hydrogen-bond donors (Lipinski definition) is 0. The summed E-state index contributed by atoms with van der Waals surface area (Å²) in [5, 5.41) is 0. The minimum atomic E-state index is -2.62. The molecule has 0 aliphatic rings. The Balaban J connectivity index is 2.08. The fourth-order valence-corrected chi connectivity index (χ4v) is 1.97. The zero-order valence-electron chi connectivity index (χ0n) is 10.0. The lowest BCUT2D eigenvalue weighted by Gasteiger charge is -2.10. The van der Waals surface area contributed by atoms with E-state index in [0.29, 0.717) is 16.0 Å². The summed E-state index contributed by atoms with van der Waals surface area (Å²) in [6.45, 7) is -2.66. The maximum Gasteiger partial charge on any atom is 0.320 e. The Hall–Kier alpha value is -1.63. The van der Waals surface area contributed by atoms with Gasteiger partial charge in [-0.3, -0.25) is 4.57 Å². The fraction of sp³-hybridized carbons (Fsp3) is 0.250. The molecule has 0 unspecified atom stereocenters. The molecule has 0 N–H and O–H groups in total. The average molecular weight is 333 g/mol. The molecule has 0 spiro atoms. The summed E-state index contributed by atoms with van der Waals surface area (Å²) in [6, 6.07) is 5.15. The van der Waals surface area contributed by atoms with Gasteiger partial charge in [-0.25, -0.2) is 4.98 Å². The molecule has 1 aromatic carbocycles. The second kappa shape index (κ2) is 6.01. The van der Waals surface area contributed by atoms with Gasteiger partial charge in [0.25, 0.3) is 0 Å². The van der Waals surface area contributed by atoms with Crippen molar-refractivity contribution in [2.75, 3.05) is 7.11 Å². The van der Waals surface area contributed by atoms with Gasteiger partial charge < -0.3 is 9.47 Å². The highest BCUT2D eigenvalue weighted by Gasteiger charge is 2.12. The molecule has 1 heterocycles. The van der Waals surface area contributed by atoms with E-state index < -0.39 is 6.55 Å². The molecular formula is C12H11BrF2N2O2. The minimum Gasteiger partial charge on any atom is -0.497 e. The number of alkyl halides is 2. The number of aromatic nitrogens is 2. The lowest BCUT2D eigenvalue weighted by Crippen LogP contribution is -2.07. The van der Waals surface area contributed by atoms with Crippen LogP contribution < -0.4 is 9.47 Å². The number of rotatable bonds is 5. The van der Waals surface area contributed by atoms with Crippen LogP contribution in [0.5, 0.6) is 11.5 Å². The van der Waals surface area contributed by atoms with Crippen molar-refractivity contribution in [1.82, 2.24) is 9.55 Å². The van der Waals surface area contributed by atoms with Crippen LogP contribution in [-0.4, -0.2) is 16.7 Å². The largest absolute Gasteiger partial charge is 0.497 e. The van der Waals surface area contributed by atoms with Crippen LogP contribution in [0.3, 0.4) is 0 Å². The van der Waals surface area contributed by atoms with E-state index in [1.165, 1.54) is 12.4 Å². The Morgan fingerprint density at radius 3 is 2.84 bits per heavy atom. The molecule has 7 heteroatoms. The first-order chi connectivity index (χ1) is 9.11. The molecule has 0 fully saturated rings. The monoisotopic (exact) mass is 332 g/mol. The molecule has 0 saturated carbocycles. The van der Waals surface area contributed by atoms with Gasteiger partial charge >= 0.3 is 6.55 Å². The Labute approximate surface area is 117 Å². The number of nitrogens with zero attached hydrogens (tertiary/aromatic N) is 2. The van der Waals surface area contributed by atoms with Crippen LogP contribution in [0.15, 0.2) is 35.1 Å². The second-order valence-corrected chi connectivity index (χ2v) is 4.47. The lowest BCUT2D eigenvalue weighted by atomic mass is 10.3. The van der Waals surface area contributed by atoms with Crippen molar-refractivity contribution < 1.29 is 18.3 Å². The van der Waals surface area contributed by atoms with Gasteiger partial charge in [0.1, 0.15) is 18.1 Å². The van der Waals surface area contributed by atoms with Crippen LogP contribution in [0, 0.1) is 0 Å². The maximum absolute atomic E-state index is 12.6. The third kappa shape index (κ3) is 3.23. The highest BCUT2D eigenvalue weighted by molar-refractivity contribution is 9.10. The summed E-state index contributed by atoms with van der Waals surface area (Å²) in [6.07, 6.45) is 2.53. The van der Waals surface area contributed by atoms with Crippen molar-refractivity contribution >= 4 is 15.9 Å². The smallest absolute Gasteiger partial charge is 0.320 e. The first-order valence-electron chi connectivity index (χ1n) is 5.38. The van der Waals surface area contributed by atoms with E-state index in [1.807, 2.05) is 0 Å². The molecule has 2 rings (SSSR count). The SMILES string of the molecule is COc1ccc(OCc2nccn2C(F)F)c(Br)c1. The quantitative estimate of drug-likeness (QED) is 0.838. The summed E-state index contributed by atoms with van der Waals surface area (Å²) in [5.41, 5.74) is 0. The standard InChI is InChI=1S/C12H11BrF2N2O2/c1-18-8-2-3-10(9(13)6-8)19-7-11-16-4-5-17(11)12(14)15/h2-6,12H,7H2,1H3. The van der Waals surface area contributed by atoms with Crippen molar-refractivity contribution in [3.8, 4) is 11.5 Å². The Kier molecular flexibility index (Phi) is 4.36. The van der Waals surface area contributed by atoms with Crippen molar-refractivity contribution in [3.63, 3.8) is 0 Å². The van der Waals surface area contributed by atoms with E-state index in [4.69, 9.17) is 9.47 Å². The molecule has 0 radical (unpaired) electrons. The highest BCUT2D eigenvalue weighted by Crippen LogP contribution is 2.29. The predicted octanol–water partition coefficient (Wildman–Crippen LogP) is 3.63. The predicted molar refractivity (Wildman–Crippen MR) is 68.5 cm³/mol. The van der Waals surface area contributed by atoms with Crippen LogP contribution in [0.2, 0.25) is 0 Å². The molecule has 19 heavy (non-hydrogen) atoms. The molecule has 0 aliphatic heterocycles.